The Morgan fingerprint density at radius 1 is 1.33 bits per heavy atom. The number of amides is 1. The third kappa shape index (κ3) is 2.30. The molecule has 2 N–H and O–H groups in total. The molecule has 2 aromatic rings. The highest BCUT2D eigenvalue weighted by Crippen LogP contribution is 2.40. The van der Waals surface area contributed by atoms with Gasteiger partial charge in [-0.2, -0.15) is 13.5 Å². The quantitative estimate of drug-likeness (QED) is 0.854. The molecule has 1 saturated carbocycles. The first-order chi connectivity index (χ1) is 11.4. The van der Waals surface area contributed by atoms with Gasteiger partial charge in [-0.15, -0.1) is 0 Å². The number of halogens is 1. The molecular formula is C14H13FN4O4S. The van der Waals surface area contributed by atoms with Gasteiger partial charge in [-0.3, -0.25) is 9.48 Å². The number of rotatable bonds is 3. The summed E-state index contributed by atoms with van der Waals surface area (Å²) >= 11 is 0. The smallest absolute Gasteiger partial charge is 0.326 e. The Bertz CT molecular complexity index is 952. The molecule has 1 aromatic carbocycles. The van der Waals surface area contributed by atoms with Crippen molar-refractivity contribution in [3.63, 3.8) is 0 Å². The highest BCUT2D eigenvalue weighted by Gasteiger charge is 2.38. The maximum atomic E-state index is 14.9. The Morgan fingerprint density at radius 3 is 2.71 bits per heavy atom. The molecule has 1 amide bonds. The largest absolute Gasteiger partial charge is 0.506 e. The minimum absolute atomic E-state index is 0.101. The van der Waals surface area contributed by atoms with E-state index >= 15 is 0 Å². The van der Waals surface area contributed by atoms with E-state index in [4.69, 9.17) is 0 Å². The summed E-state index contributed by atoms with van der Waals surface area (Å²) in [6.07, 6.45) is 5.20. The van der Waals surface area contributed by atoms with E-state index in [0.717, 1.165) is 12.8 Å². The number of nitrogens with zero attached hydrogens (tertiary/aromatic N) is 3. The second-order valence-corrected chi connectivity index (χ2v) is 7.37. The van der Waals surface area contributed by atoms with Gasteiger partial charge in [-0.25, -0.2) is 13.4 Å². The van der Waals surface area contributed by atoms with Crippen LogP contribution in [-0.4, -0.2) is 35.8 Å². The zero-order chi connectivity index (χ0) is 17.1. The minimum atomic E-state index is -4.22. The van der Waals surface area contributed by atoms with Gasteiger partial charge in [0.1, 0.15) is 18.0 Å². The van der Waals surface area contributed by atoms with Crippen LogP contribution in [0.15, 0.2) is 24.5 Å². The van der Waals surface area contributed by atoms with Crippen molar-refractivity contribution in [2.75, 3.05) is 10.8 Å². The average molecular weight is 352 g/mol. The molecule has 1 saturated heterocycles. The molecule has 0 spiro atoms. The maximum Gasteiger partial charge on any atom is 0.326 e. The number of phenolic OH excluding ortho intramolecular Hbond substituents is 1. The third-order valence-electron chi connectivity index (χ3n) is 4.00. The third-order valence-corrected chi connectivity index (χ3v) is 5.38. The summed E-state index contributed by atoms with van der Waals surface area (Å²) in [5.74, 6) is -2.28. The van der Waals surface area contributed by atoms with Crippen LogP contribution >= 0.6 is 0 Å². The number of aromatic hydroxyl groups is 1. The van der Waals surface area contributed by atoms with Gasteiger partial charge < -0.3 is 5.11 Å². The van der Waals surface area contributed by atoms with Gasteiger partial charge in [0.2, 0.25) is 0 Å². The van der Waals surface area contributed by atoms with Gasteiger partial charge in [0, 0.05) is 17.3 Å². The van der Waals surface area contributed by atoms with Gasteiger partial charge in [0.25, 0.3) is 5.91 Å². The molecule has 2 aliphatic rings. The predicted molar refractivity (Wildman–Crippen MR) is 82.0 cm³/mol. The summed E-state index contributed by atoms with van der Waals surface area (Å²) in [6.45, 7) is -0.586. The van der Waals surface area contributed by atoms with Crippen molar-refractivity contribution >= 4 is 21.8 Å². The molecule has 1 aromatic heterocycles. The fourth-order valence-corrected chi connectivity index (χ4v) is 3.84. The lowest BCUT2D eigenvalue weighted by molar-refractivity contribution is -0.117. The van der Waals surface area contributed by atoms with Gasteiger partial charge >= 0.3 is 10.2 Å². The summed E-state index contributed by atoms with van der Waals surface area (Å²) in [7, 11) is -4.22. The molecule has 0 unspecified atom stereocenters. The van der Waals surface area contributed by atoms with Gasteiger partial charge in [-0.05, 0) is 25.0 Å². The molecular weight excluding hydrogens is 339 g/mol. The lowest BCUT2D eigenvalue weighted by Gasteiger charge is -2.18. The fraction of sp³-hybridized carbons (Fsp3) is 0.286. The van der Waals surface area contributed by atoms with E-state index in [-0.39, 0.29) is 5.56 Å². The Hall–Kier alpha value is -2.62. The number of hydrogen-bond acceptors (Lipinski definition) is 5. The van der Waals surface area contributed by atoms with Crippen LogP contribution in [0.25, 0.3) is 11.1 Å². The summed E-state index contributed by atoms with van der Waals surface area (Å²) in [5.41, 5.74) is 0.0193. The van der Waals surface area contributed by atoms with Gasteiger partial charge in [0.05, 0.1) is 12.2 Å². The fourth-order valence-electron chi connectivity index (χ4n) is 2.68. The van der Waals surface area contributed by atoms with Crippen LogP contribution in [-0.2, 0) is 15.0 Å². The van der Waals surface area contributed by atoms with Crippen LogP contribution in [0.1, 0.15) is 18.9 Å². The monoisotopic (exact) mass is 352 g/mol. The van der Waals surface area contributed by atoms with Gasteiger partial charge in [0.15, 0.2) is 5.82 Å². The van der Waals surface area contributed by atoms with Crippen molar-refractivity contribution in [2.45, 2.75) is 18.9 Å². The van der Waals surface area contributed by atoms with Crippen molar-refractivity contribution in [3.05, 3.63) is 30.3 Å². The molecule has 4 rings (SSSR count). The van der Waals surface area contributed by atoms with Crippen molar-refractivity contribution in [3.8, 4) is 16.9 Å². The lowest BCUT2D eigenvalue weighted by atomic mass is 10.1. The Morgan fingerprint density at radius 2 is 2.08 bits per heavy atom. The Labute approximate surface area is 136 Å². The summed E-state index contributed by atoms with van der Waals surface area (Å²) in [5, 5.41) is 14.1. The molecule has 2 heterocycles. The number of aromatic nitrogens is 2. The summed E-state index contributed by atoms with van der Waals surface area (Å²) in [4.78, 5) is 11.4. The van der Waals surface area contributed by atoms with Crippen molar-refractivity contribution < 1.29 is 22.7 Å². The van der Waals surface area contributed by atoms with E-state index in [1.165, 1.54) is 18.3 Å². The highest BCUT2D eigenvalue weighted by molar-refractivity contribution is 7.92. The van der Waals surface area contributed by atoms with E-state index in [9.17, 15) is 22.7 Å². The van der Waals surface area contributed by atoms with Gasteiger partial charge in [-0.1, -0.05) is 0 Å². The molecule has 126 valence electrons. The Kier molecular flexibility index (Phi) is 3.07. The first-order valence-corrected chi connectivity index (χ1v) is 8.70. The lowest BCUT2D eigenvalue weighted by Crippen LogP contribution is -2.30. The minimum Gasteiger partial charge on any atom is -0.506 e. The predicted octanol–water partition coefficient (Wildman–Crippen LogP) is 0.911. The molecule has 8 nitrogen and oxygen atoms in total. The maximum absolute atomic E-state index is 14.9. The molecule has 0 radical (unpaired) electrons. The van der Waals surface area contributed by atoms with E-state index < -0.39 is 39.9 Å². The molecule has 1 aliphatic carbocycles. The molecule has 10 heteroatoms. The van der Waals surface area contributed by atoms with Crippen LogP contribution in [0, 0.1) is 5.82 Å². The standard InChI is InChI=1S/C14H13FN4O4S/c15-13-10(8-5-16-18(6-8)9-1-2-9)3-4-11(20)14(13)19-7-12(21)17-24(19,22)23/h3-6,9,20H,1-2,7H2,(H,17,21). The topological polar surface area (TPSA) is 105 Å². The van der Waals surface area contributed by atoms with Crippen LogP contribution < -0.4 is 9.03 Å². The summed E-state index contributed by atoms with van der Waals surface area (Å²) < 4.78 is 42.8. The number of nitrogens with one attached hydrogen (secondary N) is 1. The summed E-state index contributed by atoms with van der Waals surface area (Å²) in [6, 6.07) is 2.86. The number of hydrogen-bond donors (Lipinski definition) is 2. The highest BCUT2D eigenvalue weighted by atomic mass is 32.2. The van der Waals surface area contributed by atoms with Crippen LogP contribution in [0.5, 0.6) is 5.75 Å². The average Bonchev–Trinajstić information content (AvgIpc) is 3.17. The van der Waals surface area contributed by atoms with Crippen molar-refractivity contribution in [1.29, 1.82) is 0 Å². The van der Waals surface area contributed by atoms with E-state index in [1.54, 1.807) is 15.6 Å². The number of carbonyl (C=O) groups is 1. The number of anilines is 1. The second-order valence-electron chi connectivity index (χ2n) is 5.77. The molecule has 0 bridgehead atoms. The molecule has 1 aliphatic heterocycles. The van der Waals surface area contributed by atoms with Crippen LogP contribution in [0.2, 0.25) is 0 Å². The normalized spacial score (nSPS) is 19.5. The second kappa shape index (κ2) is 4.94. The van der Waals surface area contributed by atoms with Crippen LogP contribution in [0.4, 0.5) is 10.1 Å². The first kappa shape index (κ1) is 14.9. The van der Waals surface area contributed by atoms with Crippen LogP contribution in [0.3, 0.4) is 0 Å². The zero-order valence-corrected chi connectivity index (χ0v) is 13.1. The number of benzene rings is 1. The Balaban J connectivity index is 1.82. The van der Waals surface area contributed by atoms with E-state index in [2.05, 4.69) is 5.10 Å². The SMILES string of the molecule is O=C1CN(c2c(O)ccc(-c3cnn(C4CC4)c3)c2F)S(=O)(=O)N1. The molecule has 2 fully saturated rings. The zero-order valence-electron chi connectivity index (χ0n) is 12.3. The number of carbonyl (C=O) groups excluding carboxylic acids is 1. The van der Waals surface area contributed by atoms with Crippen molar-refractivity contribution in [2.24, 2.45) is 0 Å². The number of phenols is 1. The first-order valence-electron chi connectivity index (χ1n) is 7.26. The van der Waals surface area contributed by atoms with Crippen molar-refractivity contribution in [1.82, 2.24) is 14.5 Å². The molecule has 24 heavy (non-hydrogen) atoms. The van der Waals surface area contributed by atoms with E-state index in [1.807, 2.05) is 0 Å². The van der Waals surface area contributed by atoms with E-state index in [0.29, 0.717) is 15.9 Å². The molecule has 0 atom stereocenters.